The van der Waals surface area contributed by atoms with Gasteiger partial charge in [0.05, 0.1) is 29.9 Å². The summed E-state index contributed by atoms with van der Waals surface area (Å²) in [4.78, 5) is 18.4. The van der Waals surface area contributed by atoms with Gasteiger partial charge in [0.25, 0.3) is 5.91 Å². The lowest BCUT2D eigenvalue weighted by molar-refractivity contribution is 0.0302. The molecule has 0 saturated carbocycles. The van der Waals surface area contributed by atoms with E-state index >= 15 is 0 Å². The number of morpholine rings is 1. The zero-order valence-corrected chi connectivity index (χ0v) is 13.8. The van der Waals surface area contributed by atoms with E-state index in [0.29, 0.717) is 48.8 Å². The topological polar surface area (TPSA) is 63.7 Å². The number of pyridine rings is 1. The van der Waals surface area contributed by atoms with Gasteiger partial charge in [0, 0.05) is 32.4 Å². The number of carbonyl (C=O) groups excluding carboxylic acids is 1. The van der Waals surface area contributed by atoms with Crippen LogP contribution in [-0.2, 0) is 9.47 Å². The summed E-state index contributed by atoms with van der Waals surface area (Å²) in [6, 6.07) is 1.68. The molecule has 3 heterocycles. The molecular weight excluding hydrogens is 318 g/mol. The fourth-order valence-electron chi connectivity index (χ4n) is 2.86. The molecule has 126 valence electrons. The first-order chi connectivity index (χ1) is 11.2. The molecule has 1 aromatic heterocycles. The number of nitrogens with one attached hydrogen (secondary N) is 1. The van der Waals surface area contributed by atoms with Gasteiger partial charge in [0.1, 0.15) is 5.82 Å². The van der Waals surface area contributed by atoms with Crippen molar-refractivity contribution in [2.24, 2.45) is 0 Å². The van der Waals surface area contributed by atoms with Crippen LogP contribution in [0.3, 0.4) is 0 Å². The van der Waals surface area contributed by atoms with Crippen molar-refractivity contribution in [1.29, 1.82) is 0 Å². The lowest BCUT2D eigenvalue weighted by atomic mass is 10.2. The van der Waals surface area contributed by atoms with Crippen molar-refractivity contribution >= 4 is 23.3 Å². The molecule has 1 atom stereocenters. The third-order valence-corrected chi connectivity index (χ3v) is 4.46. The van der Waals surface area contributed by atoms with Crippen molar-refractivity contribution in [2.45, 2.75) is 25.4 Å². The molecule has 0 spiro atoms. The summed E-state index contributed by atoms with van der Waals surface area (Å²) >= 11 is 6.26. The summed E-state index contributed by atoms with van der Waals surface area (Å²) in [7, 11) is 0. The van der Waals surface area contributed by atoms with Crippen LogP contribution in [0.1, 0.15) is 29.6 Å². The Hall–Kier alpha value is -1.37. The van der Waals surface area contributed by atoms with Crippen LogP contribution >= 0.6 is 11.6 Å². The number of anilines is 1. The maximum absolute atomic E-state index is 12.4. The van der Waals surface area contributed by atoms with Crippen LogP contribution in [0, 0.1) is 0 Å². The summed E-state index contributed by atoms with van der Waals surface area (Å²) in [6.45, 7) is 4.00. The lowest BCUT2D eigenvalue weighted by Gasteiger charge is -2.26. The molecule has 0 unspecified atom stereocenters. The largest absolute Gasteiger partial charge is 0.378 e. The Morgan fingerprint density at radius 2 is 2.22 bits per heavy atom. The molecule has 6 nitrogen and oxygen atoms in total. The summed E-state index contributed by atoms with van der Waals surface area (Å²) < 4.78 is 10.8. The first-order valence-electron chi connectivity index (χ1n) is 8.12. The van der Waals surface area contributed by atoms with E-state index < -0.39 is 0 Å². The van der Waals surface area contributed by atoms with Crippen LogP contribution in [-0.4, -0.2) is 61.3 Å². The Labute approximate surface area is 141 Å². The van der Waals surface area contributed by atoms with E-state index in [1.807, 2.05) is 0 Å². The maximum Gasteiger partial charge on any atom is 0.255 e. The van der Waals surface area contributed by atoms with Gasteiger partial charge >= 0.3 is 0 Å². The van der Waals surface area contributed by atoms with Crippen molar-refractivity contribution < 1.29 is 14.3 Å². The van der Waals surface area contributed by atoms with E-state index in [4.69, 9.17) is 21.1 Å². The van der Waals surface area contributed by atoms with Gasteiger partial charge in [-0.2, -0.15) is 0 Å². The zero-order chi connectivity index (χ0) is 16.1. The predicted molar refractivity (Wildman–Crippen MR) is 88.1 cm³/mol. The highest BCUT2D eigenvalue weighted by Crippen LogP contribution is 2.22. The molecule has 2 aliphatic rings. The number of hydrogen-bond acceptors (Lipinski definition) is 5. The second-order valence-electron chi connectivity index (χ2n) is 5.81. The Kier molecular flexibility index (Phi) is 5.70. The van der Waals surface area contributed by atoms with Gasteiger partial charge < -0.3 is 19.7 Å². The molecule has 2 aliphatic heterocycles. The smallest absolute Gasteiger partial charge is 0.255 e. The molecule has 2 saturated heterocycles. The van der Waals surface area contributed by atoms with Gasteiger partial charge in [-0.1, -0.05) is 11.6 Å². The van der Waals surface area contributed by atoms with Gasteiger partial charge in [-0.15, -0.1) is 0 Å². The first kappa shape index (κ1) is 16.5. The highest BCUT2D eigenvalue weighted by atomic mass is 35.5. The van der Waals surface area contributed by atoms with Crippen molar-refractivity contribution in [3.05, 3.63) is 22.8 Å². The average Bonchev–Trinajstić information content (AvgIpc) is 3.10. The van der Waals surface area contributed by atoms with E-state index in [9.17, 15) is 4.79 Å². The summed E-state index contributed by atoms with van der Waals surface area (Å²) in [5.41, 5.74) is 0.515. The number of ether oxygens (including phenoxy) is 2. The lowest BCUT2D eigenvalue weighted by Crippen LogP contribution is -2.40. The summed E-state index contributed by atoms with van der Waals surface area (Å²) in [5.74, 6) is 0.566. The molecule has 1 aromatic rings. The van der Waals surface area contributed by atoms with Gasteiger partial charge in [-0.25, -0.2) is 4.98 Å². The molecule has 2 fully saturated rings. The number of amides is 1. The van der Waals surface area contributed by atoms with E-state index in [1.165, 1.54) is 0 Å². The van der Waals surface area contributed by atoms with Crippen LogP contribution in [0.15, 0.2) is 12.3 Å². The fraction of sp³-hybridized carbons (Fsp3) is 0.625. The normalized spacial score (nSPS) is 21.4. The molecule has 0 aromatic carbocycles. The van der Waals surface area contributed by atoms with Crippen LogP contribution in [0.5, 0.6) is 0 Å². The molecule has 23 heavy (non-hydrogen) atoms. The Balaban J connectivity index is 1.55. The Morgan fingerprint density at radius 1 is 1.39 bits per heavy atom. The van der Waals surface area contributed by atoms with E-state index in [2.05, 4.69) is 10.3 Å². The summed E-state index contributed by atoms with van der Waals surface area (Å²) in [6.07, 6.45) is 5.12. The van der Waals surface area contributed by atoms with Crippen molar-refractivity contribution in [3.8, 4) is 0 Å². The molecule has 3 rings (SSSR count). The average molecular weight is 340 g/mol. The minimum Gasteiger partial charge on any atom is -0.378 e. The van der Waals surface area contributed by atoms with Crippen molar-refractivity contribution in [2.75, 3.05) is 44.8 Å². The third kappa shape index (κ3) is 4.34. The predicted octanol–water partition coefficient (Wildman–Crippen LogP) is 2.19. The quantitative estimate of drug-likeness (QED) is 0.891. The van der Waals surface area contributed by atoms with Crippen LogP contribution < -0.4 is 5.32 Å². The third-order valence-electron chi connectivity index (χ3n) is 4.17. The monoisotopic (exact) mass is 339 g/mol. The number of nitrogens with zero attached hydrogens (tertiary/aromatic N) is 2. The Bertz CT molecular complexity index is 543. The van der Waals surface area contributed by atoms with E-state index in [-0.39, 0.29) is 5.91 Å². The van der Waals surface area contributed by atoms with E-state index in [0.717, 1.165) is 32.4 Å². The molecule has 7 heteroatoms. The number of halogens is 1. The van der Waals surface area contributed by atoms with Gasteiger partial charge in [0.15, 0.2) is 0 Å². The molecule has 0 bridgehead atoms. The Morgan fingerprint density at radius 3 is 2.91 bits per heavy atom. The van der Waals surface area contributed by atoms with Gasteiger partial charge in [-0.3, -0.25) is 4.79 Å². The molecule has 0 radical (unpaired) electrons. The van der Waals surface area contributed by atoms with E-state index in [1.54, 1.807) is 17.2 Å². The van der Waals surface area contributed by atoms with Gasteiger partial charge in [0.2, 0.25) is 0 Å². The molecule has 1 amide bonds. The number of carbonyl (C=O) groups is 1. The van der Waals surface area contributed by atoms with Crippen LogP contribution in [0.4, 0.5) is 5.82 Å². The second-order valence-corrected chi connectivity index (χ2v) is 6.22. The SMILES string of the molecule is O=C(c1cnc(NCC[C@H]2CCCO2)c(Cl)c1)N1CCOCC1. The number of aromatic nitrogens is 1. The van der Waals surface area contributed by atoms with Crippen molar-refractivity contribution in [3.63, 3.8) is 0 Å². The van der Waals surface area contributed by atoms with Crippen molar-refractivity contribution in [1.82, 2.24) is 9.88 Å². The highest BCUT2D eigenvalue weighted by molar-refractivity contribution is 6.33. The minimum atomic E-state index is -0.0476. The molecular formula is C16H22ClN3O3. The summed E-state index contributed by atoms with van der Waals surface area (Å²) in [5, 5.41) is 3.69. The van der Waals surface area contributed by atoms with Gasteiger partial charge in [-0.05, 0) is 25.3 Å². The minimum absolute atomic E-state index is 0.0476. The number of hydrogen-bond donors (Lipinski definition) is 1. The molecule has 1 N–H and O–H groups in total. The van der Waals surface area contributed by atoms with Crippen LogP contribution in [0.25, 0.3) is 0 Å². The maximum atomic E-state index is 12.4. The second kappa shape index (κ2) is 7.95. The first-order valence-corrected chi connectivity index (χ1v) is 8.50. The standard InChI is InChI=1S/C16H22ClN3O3/c17-14-10-12(16(21)20-5-8-22-9-6-20)11-19-15(14)18-4-3-13-2-1-7-23-13/h10-11,13H,1-9H2,(H,18,19)/t13-/m1/s1. The zero-order valence-electron chi connectivity index (χ0n) is 13.1. The number of rotatable bonds is 5. The molecule has 0 aliphatic carbocycles. The fourth-order valence-corrected chi connectivity index (χ4v) is 3.09. The van der Waals surface area contributed by atoms with Crippen LogP contribution in [0.2, 0.25) is 5.02 Å². The highest BCUT2D eigenvalue weighted by Gasteiger charge is 2.20.